The van der Waals surface area contributed by atoms with Gasteiger partial charge in [-0.3, -0.25) is 24.1 Å². The first-order chi connectivity index (χ1) is 21.8. The average molecular weight is 655 g/mol. The monoisotopic (exact) mass is 654 g/mol. The van der Waals surface area contributed by atoms with Crippen LogP contribution in [0.3, 0.4) is 0 Å². The lowest BCUT2D eigenvalue weighted by atomic mass is 9.78. The number of hydrogen-bond donors (Lipinski definition) is 3. The number of epoxide rings is 1. The van der Waals surface area contributed by atoms with Gasteiger partial charge in [0.15, 0.2) is 5.78 Å². The van der Waals surface area contributed by atoms with Gasteiger partial charge in [-0.25, -0.2) is 0 Å². The van der Waals surface area contributed by atoms with E-state index in [-0.39, 0.29) is 69.3 Å². The molecule has 0 radical (unpaired) electrons. The minimum absolute atomic E-state index is 0.0257. The van der Waals surface area contributed by atoms with Crippen molar-refractivity contribution in [3.63, 3.8) is 0 Å². The smallest absolute Gasteiger partial charge is 0.391 e. The number of amides is 3. The van der Waals surface area contributed by atoms with Crippen LogP contribution >= 0.6 is 0 Å². The molecule has 3 aliphatic rings. The van der Waals surface area contributed by atoms with Crippen molar-refractivity contribution in [2.24, 2.45) is 11.8 Å². The molecule has 0 bridgehead atoms. The van der Waals surface area contributed by atoms with Gasteiger partial charge in [0.25, 0.3) is 0 Å². The molecule has 1 saturated carbocycles. The van der Waals surface area contributed by atoms with Crippen molar-refractivity contribution in [2.75, 3.05) is 46.6 Å². The van der Waals surface area contributed by atoms with Crippen LogP contribution in [0.25, 0.3) is 0 Å². The number of carbonyl (C=O) groups is 4. The summed E-state index contributed by atoms with van der Waals surface area (Å²) in [7, 11) is 1.52. The first-order valence-corrected chi connectivity index (χ1v) is 15.9. The fraction of sp³-hybridized carbons (Fsp3) is 0.688. The highest BCUT2D eigenvalue weighted by molar-refractivity contribution is 5.98. The standard InChI is InChI=1S/C32H45F3N4O7/c1-20(36-27(40)18-39-12-14-45-15-13-39)29(42)38-26(17-22-6-10-24(44-3)11-7-22)30(43)37-25(28(41)31(2)19-46-31)16-21-4-8-23(9-5-21)32(33,34)35/h6-7,10-11,20-21,23,25-26H,4-5,8-9,12-19H2,1-3H3,(H,36,40)(H,37,43)(H,38,42)/t20-,21?,23?,25-,26-,31+/m0/s1. The van der Waals surface area contributed by atoms with Gasteiger partial charge in [0.1, 0.15) is 23.4 Å². The molecule has 256 valence electrons. The number of nitrogens with one attached hydrogen (secondary N) is 3. The van der Waals surface area contributed by atoms with Crippen LogP contribution in [0.4, 0.5) is 13.2 Å². The van der Waals surface area contributed by atoms with Crippen molar-refractivity contribution < 1.29 is 46.6 Å². The Labute approximate surface area is 267 Å². The molecule has 4 atom stereocenters. The molecule has 0 aromatic heterocycles. The van der Waals surface area contributed by atoms with Gasteiger partial charge in [-0.1, -0.05) is 12.1 Å². The normalized spacial score (nSPS) is 25.4. The highest BCUT2D eigenvalue weighted by Gasteiger charge is 2.51. The number of nitrogens with zero attached hydrogens (tertiary/aromatic N) is 1. The van der Waals surface area contributed by atoms with Crippen molar-refractivity contribution in [2.45, 2.75) is 82.3 Å². The zero-order valence-corrected chi connectivity index (χ0v) is 26.6. The summed E-state index contributed by atoms with van der Waals surface area (Å²) in [4.78, 5) is 55.0. The van der Waals surface area contributed by atoms with Crippen LogP contribution in [0.1, 0.15) is 51.5 Å². The molecule has 1 aliphatic carbocycles. The Morgan fingerprint density at radius 2 is 1.59 bits per heavy atom. The quantitative estimate of drug-likeness (QED) is 0.260. The Hall–Kier alpha value is -3.23. The lowest BCUT2D eigenvalue weighted by molar-refractivity contribution is -0.184. The van der Waals surface area contributed by atoms with Crippen molar-refractivity contribution >= 4 is 23.5 Å². The maximum Gasteiger partial charge on any atom is 0.391 e. The minimum atomic E-state index is -4.25. The summed E-state index contributed by atoms with van der Waals surface area (Å²) in [6, 6.07) is 3.85. The second-order valence-corrected chi connectivity index (χ2v) is 12.7. The maximum absolute atomic E-state index is 13.8. The van der Waals surface area contributed by atoms with Gasteiger partial charge in [0.2, 0.25) is 17.7 Å². The third-order valence-electron chi connectivity index (χ3n) is 9.08. The summed E-state index contributed by atoms with van der Waals surface area (Å²) in [5.74, 6) is -2.85. The predicted octanol–water partition coefficient (Wildman–Crippen LogP) is 2.16. The molecule has 1 aromatic rings. The van der Waals surface area contributed by atoms with Gasteiger partial charge in [-0.05, 0) is 69.6 Å². The molecule has 11 nitrogen and oxygen atoms in total. The molecule has 46 heavy (non-hydrogen) atoms. The fourth-order valence-electron chi connectivity index (χ4n) is 6.00. The van der Waals surface area contributed by atoms with Gasteiger partial charge in [0.05, 0.1) is 45.4 Å². The minimum Gasteiger partial charge on any atom is -0.497 e. The van der Waals surface area contributed by atoms with Crippen molar-refractivity contribution in [1.82, 2.24) is 20.9 Å². The van der Waals surface area contributed by atoms with Gasteiger partial charge in [0, 0.05) is 19.5 Å². The van der Waals surface area contributed by atoms with Gasteiger partial charge < -0.3 is 30.2 Å². The molecule has 0 unspecified atom stereocenters. The molecular weight excluding hydrogens is 609 g/mol. The lowest BCUT2D eigenvalue weighted by Gasteiger charge is -2.32. The summed E-state index contributed by atoms with van der Waals surface area (Å²) in [6.07, 6.45) is -3.49. The van der Waals surface area contributed by atoms with Crippen LogP contribution in [0.5, 0.6) is 5.75 Å². The number of morpholine rings is 1. The summed E-state index contributed by atoms with van der Waals surface area (Å²) in [5.41, 5.74) is -0.370. The molecule has 2 saturated heterocycles. The summed E-state index contributed by atoms with van der Waals surface area (Å²) in [5, 5.41) is 8.20. The Morgan fingerprint density at radius 3 is 2.15 bits per heavy atom. The summed E-state index contributed by atoms with van der Waals surface area (Å²) < 4.78 is 55.6. The number of ketones is 1. The summed E-state index contributed by atoms with van der Waals surface area (Å²) >= 11 is 0. The van der Waals surface area contributed by atoms with Crippen LogP contribution in [-0.2, 0) is 35.1 Å². The van der Waals surface area contributed by atoms with Gasteiger partial charge in [-0.2, -0.15) is 13.2 Å². The predicted molar refractivity (Wildman–Crippen MR) is 161 cm³/mol. The summed E-state index contributed by atoms with van der Waals surface area (Å²) in [6.45, 7) is 5.68. The number of hydrogen-bond acceptors (Lipinski definition) is 8. The molecule has 3 amide bonds. The number of methoxy groups -OCH3 is 1. The molecule has 2 heterocycles. The number of alkyl halides is 3. The topological polar surface area (TPSA) is 139 Å². The van der Waals surface area contributed by atoms with Crippen molar-refractivity contribution in [3.05, 3.63) is 29.8 Å². The highest BCUT2D eigenvalue weighted by Crippen LogP contribution is 2.41. The van der Waals surface area contributed by atoms with E-state index >= 15 is 0 Å². The third kappa shape index (κ3) is 10.1. The van der Waals surface area contributed by atoms with E-state index in [1.165, 1.54) is 14.0 Å². The second-order valence-electron chi connectivity index (χ2n) is 12.7. The first-order valence-electron chi connectivity index (χ1n) is 15.9. The molecule has 4 rings (SSSR count). The van der Waals surface area contributed by atoms with E-state index in [2.05, 4.69) is 16.0 Å². The van der Waals surface area contributed by atoms with Crippen LogP contribution in [0.2, 0.25) is 0 Å². The maximum atomic E-state index is 13.8. The van der Waals surface area contributed by atoms with Crippen LogP contribution in [0.15, 0.2) is 24.3 Å². The third-order valence-corrected chi connectivity index (χ3v) is 9.08. The SMILES string of the molecule is COc1ccc(C[C@H](NC(=O)[C@H](C)NC(=O)CN2CCOCC2)C(=O)N[C@@H](CC2CCC(C(F)(F)F)CC2)C(=O)[C@@]2(C)CO2)cc1. The lowest BCUT2D eigenvalue weighted by Crippen LogP contribution is -2.57. The molecule has 3 N–H and O–H groups in total. The number of rotatable bonds is 14. The zero-order chi connectivity index (χ0) is 33.5. The van der Waals surface area contributed by atoms with Crippen molar-refractivity contribution in [1.29, 1.82) is 0 Å². The Balaban J connectivity index is 1.44. The van der Waals surface area contributed by atoms with E-state index in [0.29, 0.717) is 37.6 Å². The van der Waals surface area contributed by atoms with Crippen LogP contribution < -0.4 is 20.7 Å². The number of carbonyl (C=O) groups excluding carboxylic acids is 4. The van der Waals surface area contributed by atoms with E-state index in [1.54, 1.807) is 31.2 Å². The van der Waals surface area contributed by atoms with Gasteiger partial charge >= 0.3 is 6.18 Å². The number of benzene rings is 1. The molecule has 2 aliphatic heterocycles. The molecule has 0 spiro atoms. The number of ether oxygens (including phenoxy) is 3. The molecule has 1 aromatic carbocycles. The van der Waals surface area contributed by atoms with Crippen molar-refractivity contribution in [3.8, 4) is 5.75 Å². The average Bonchev–Trinajstić information content (AvgIpc) is 3.78. The van der Waals surface area contributed by atoms with Crippen LogP contribution in [-0.4, -0.2) is 105 Å². The largest absolute Gasteiger partial charge is 0.497 e. The fourth-order valence-corrected chi connectivity index (χ4v) is 6.00. The number of halogens is 3. The van der Waals surface area contributed by atoms with E-state index in [0.717, 1.165) is 0 Å². The van der Waals surface area contributed by atoms with Gasteiger partial charge in [-0.15, -0.1) is 0 Å². The first kappa shape index (κ1) is 35.6. The van der Waals surface area contributed by atoms with E-state index in [4.69, 9.17) is 14.2 Å². The zero-order valence-electron chi connectivity index (χ0n) is 26.6. The second kappa shape index (κ2) is 15.6. The Morgan fingerprint density at radius 1 is 0.978 bits per heavy atom. The molecule has 14 heteroatoms. The molecular formula is C32H45F3N4O7. The number of Topliss-reactive ketones (excluding diaryl/α,β-unsaturated/α-hetero) is 1. The van der Waals surface area contributed by atoms with E-state index < -0.39 is 47.6 Å². The molecule has 3 fully saturated rings. The van der Waals surface area contributed by atoms with Crippen LogP contribution in [0, 0.1) is 11.8 Å². The highest BCUT2D eigenvalue weighted by atomic mass is 19.4. The Bertz CT molecular complexity index is 1210. The van der Waals surface area contributed by atoms with E-state index in [1.807, 2.05) is 4.90 Å². The Kier molecular flexibility index (Phi) is 12.1. The van der Waals surface area contributed by atoms with E-state index in [9.17, 15) is 32.3 Å².